The molecule has 0 fully saturated rings. The quantitative estimate of drug-likeness (QED) is 0.798. The number of halogens is 1. The molecule has 14 heavy (non-hydrogen) atoms. The van der Waals surface area contributed by atoms with Gasteiger partial charge in [-0.3, -0.25) is 0 Å². The molecule has 0 heterocycles. The Kier molecular flexibility index (Phi) is 3.90. The van der Waals surface area contributed by atoms with E-state index in [0.717, 1.165) is 21.2 Å². The summed E-state index contributed by atoms with van der Waals surface area (Å²) in [4.78, 5) is 0. The van der Waals surface area contributed by atoms with Gasteiger partial charge >= 0.3 is 0 Å². The summed E-state index contributed by atoms with van der Waals surface area (Å²) in [6, 6.07) is 5.90. The summed E-state index contributed by atoms with van der Waals surface area (Å²) in [6.07, 6.45) is 1.33. The number of aliphatic hydroxyl groups excluding tert-OH is 1. The molecule has 0 aliphatic carbocycles. The summed E-state index contributed by atoms with van der Waals surface area (Å²) in [6.45, 7) is 5.97. The van der Waals surface area contributed by atoms with E-state index in [-0.39, 0.29) is 0 Å². The Morgan fingerprint density at radius 3 is 2.64 bits per heavy atom. The van der Waals surface area contributed by atoms with Gasteiger partial charge < -0.3 is 5.11 Å². The minimum Gasteiger partial charge on any atom is -0.384 e. The SMILES string of the molecule is CC(C)=CC(O)c1cccc(C)c1Br. The summed E-state index contributed by atoms with van der Waals surface area (Å²) >= 11 is 3.48. The molecule has 0 aliphatic heterocycles. The van der Waals surface area contributed by atoms with Crippen molar-refractivity contribution in [1.82, 2.24) is 0 Å². The maximum absolute atomic E-state index is 9.89. The Labute approximate surface area is 93.6 Å². The van der Waals surface area contributed by atoms with Crippen LogP contribution in [0.4, 0.5) is 0 Å². The van der Waals surface area contributed by atoms with Crippen LogP contribution in [0.5, 0.6) is 0 Å². The summed E-state index contributed by atoms with van der Waals surface area (Å²) in [7, 11) is 0. The van der Waals surface area contributed by atoms with Gasteiger partial charge in [-0.15, -0.1) is 0 Å². The summed E-state index contributed by atoms with van der Waals surface area (Å²) in [5.74, 6) is 0. The molecule has 0 aromatic heterocycles. The van der Waals surface area contributed by atoms with Crippen molar-refractivity contribution in [2.75, 3.05) is 0 Å². The lowest BCUT2D eigenvalue weighted by atomic mass is 10.1. The van der Waals surface area contributed by atoms with E-state index in [1.54, 1.807) is 0 Å². The van der Waals surface area contributed by atoms with Crippen LogP contribution >= 0.6 is 15.9 Å². The lowest BCUT2D eigenvalue weighted by Crippen LogP contribution is -1.96. The van der Waals surface area contributed by atoms with Crippen LogP contribution in [0.25, 0.3) is 0 Å². The third-order valence-corrected chi connectivity index (χ3v) is 3.11. The first-order valence-corrected chi connectivity index (χ1v) is 5.39. The van der Waals surface area contributed by atoms with E-state index in [2.05, 4.69) is 15.9 Å². The molecule has 76 valence electrons. The van der Waals surface area contributed by atoms with E-state index in [1.807, 2.05) is 45.0 Å². The van der Waals surface area contributed by atoms with Gasteiger partial charge in [0.05, 0.1) is 6.10 Å². The number of rotatable bonds is 2. The maximum Gasteiger partial charge on any atom is 0.0985 e. The zero-order valence-electron chi connectivity index (χ0n) is 8.71. The highest BCUT2D eigenvalue weighted by molar-refractivity contribution is 9.10. The van der Waals surface area contributed by atoms with E-state index < -0.39 is 6.10 Å². The van der Waals surface area contributed by atoms with Crippen molar-refractivity contribution in [3.8, 4) is 0 Å². The molecule has 1 aromatic rings. The van der Waals surface area contributed by atoms with Gasteiger partial charge in [-0.2, -0.15) is 0 Å². The molecule has 0 bridgehead atoms. The molecule has 1 unspecified atom stereocenters. The molecule has 0 aliphatic rings. The fraction of sp³-hybridized carbons (Fsp3) is 0.333. The average molecular weight is 255 g/mol. The van der Waals surface area contributed by atoms with Crippen LogP contribution < -0.4 is 0 Å². The predicted octanol–water partition coefficient (Wildman–Crippen LogP) is 3.76. The van der Waals surface area contributed by atoms with Crippen molar-refractivity contribution in [3.63, 3.8) is 0 Å². The molecule has 1 atom stereocenters. The number of hydrogen-bond acceptors (Lipinski definition) is 1. The lowest BCUT2D eigenvalue weighted by Gasteiger charge is -2.11. The van der Waals surface area contributed by atoms with Gasteiger partial charge in [0.1, 0.15) is 0 Å². The number of hydrogen-bond donors (Lipinski definition) is 1. The van der Waals surface area contributed by atoms with Gasteiger partial charge in [0.25, 0.3) is 0 Å². The van der Waals surface area contributed by atoms with Crippen molar-refractivity contribution in [3.05, 3.63) is 45.4 Å². The van der Waals surface area contributed by atoms with Crippen LogP contribution in [-0.2, 0) is 0 Å². The molecule has 1 N–H and O–H groups in total. The number of aliphatic hydroxyl groups is 1. The molecule has 0 saturated heterocycles. The molecular formula is C12H15BrO. The van der Waals surface area contributed by atoms with Gasteiger partial charge in [-0.25, -0.2) is 0 Å². The Hall–Kier alpha value is -0.600. The van der Waals surface area contributed by atoms with Crippen LogP contribution in [0, 0.1) is 6.92 Å². The highest BCUT2D eigenvalue weighted by atomic mass is 79.9. The van der Waals surface area contributed by atoms with Crippen molar-refractivity contribution < 1.29 is 5.11 Å². The largest absolute Gasteiger partial charge is 0.384 e. The van der Waals surface area contributed by atoms with Gasteiger partial charge in [-0.05, 0) is 31.9 Å². The number of aryl methyl sites for hydroxylation is 1. The minimum absolute atomic E-state index is 0.519. The highest BCUT2D eigenvalue weighted by Crippen LogP contribution is 2.27. The first kappa shape index (κ1) is 11.5. The fourth-order valence-electron chi connectivity index (χ4n) is 1.30. The van der Waals surface area contributed by atoms with Gasteiger partial charge in [0, 0.05) is 4.47 Å². The zero-order valence-corrected chi connectivity index (χ0v) is 10.3. The predicted molar refractivity (Wildman–Crippen MR) is 63.3 cm³/mol. The number of benzene rings is 1. The van der Waals surface area contributed by atoms with Crippen molar-refractivity contribution in [2.24, 2.45) is 0 Å². The minimum atomic E-state index is -0.519. The summed E-state index contributed by atoms with van der Waals surface area (Å²) in [5.41, 5.74) is 3.18. The third-order valence-electron chi connectivity index (χ3n) is 2.03. The molecular weight excluding hydrogens is 240 g/mol. The summed E-state index contributed by atoms with van der Waals surface area (Å²) in [5, 5.41) is 9.89. The zero-order chi connectivity index (χ0) is 10.7. The molecule has 1 rings (SSSR count). The van der Waals surface area contributed by atoms with E-state index in [9.17, 15) is 5.11 Å². The Balaban J connectivity index is 3.07. The van der Waals surface area contributed by atoms with E-state index in [1.165, 1.54) is 0 Å². The topological polar surface area (TPSA) is 20.2 Å². The monoisotopic (exact) mass is 254 g/mol. The Morgan fingerprint density at radius 1 is 1.43 bits per heavy atom. The van der Waals surface area contributed by atoms with Crippen LogP contribution in [-0.4, -0.2) is 5.11 Å². The molecule has 0 saturated carbocycles. The van der Waals surface area contributed by atoms with Crippen LogP contribution in [0.3, 0.4) is 0 Å². The van der Waals surface area contributed by atoms with Crippen molar-refractivity contribution in [2.45, 2.75) is 26.9 Å². The average Bonchev–Trinajstić information content (AvgIpc) is 2.08. The van der Waals surface area contributed by atoms with Crippen LogP contribution in [0.1, 0.15) is 31.1 Å². The Morgan fingerprint density at radius 2 is 2.07 bits per heavy atom. The second kappa shape index (κ2) is 4.76. The highest BCUT2D eigenvalue weighted by Gasteiger charge is 2.09. The normalized spacial score (nSPS) is 12.4. The first-order valence-electron chi connectivity index (χ1n) is 4.60. The molecule has 1 nitrogen and oxygen atoms in total. The lowest BCUT2D eigenvalue weighted by molar-refractivity contribution is 0.227. The first-order chi connectivity index (χ1) is 6.52. The molecule has 2 heteroatoms. The van der Waals surface area contributed by atoms with Gasteiger partial charge in [0.2, 0.25) is 0 Å². The molecule has 0 amide bonds. The van der Waals surface area contributed by atoms with Crippen LogP contribution in [0.15, 0.2) is 34.3 Å². The van der Waals surface area contributed by atoms with Crippen molar-refractivity contribution >= 4 is 15.9 Å². The van der Waals surface area contributed by atoms with Gasteiger partial charge in [0.15, 0.2) is 0 Å². The standard InChI is InChI=1S/C12H15BrO/c1-8(2)7-11(14)10-6-4-5-9(3)12(10)13/h4-7,11,14H,1-3H3. The molecule has 0 radical (unpaired) electrons. The van der Waals surface area contributed by atoms with Crippen LogP contribution in [0.2, 0.25) is 0 Å². The molecule has 1 aromatic carbocycles. The number of allylic oxidation sites excluding steroid dienone is 1. The van der Waals surface area contributed by atoms with E-state index >= 15 is 0 Å². The van der Waals surface area contributed by atoms with Crippen molar-refractivity contribution in [1.29, 1.82) is 0 Å². The van der Waals surface area contributed by atoms with E-state index in [0.29, 0.717) is 0 Å². The fourth-order valence-corrected chi connectivity index (χ4v) is 1.80. The smallest absolute Gasteiger partial charge is 0.0985 e. The van der Waals surface area contributed by atoms with Gasteiger partial charge in [-0.1, -0.05) is 45.8 Å². The second-order valence-electron chi connectivity index (χ2n) is 3.67. The molecule has 0 spiro atoms. The maximum atomic E-state index is 9.89. The Bertz CT molecular complexity index is 351. The third kappa shape index (κ3) is 2.69. The van der Waals surface area contributed by atoms with E-state index in [4.69, 9.17) is 0 Å². The second-order valence-corrected chi connectivity index (χ2v) is 4.46. The summed E-state index contributed by atoms with van der Waals surface area (Å²) < 4.78 is 0.991.